The molecule has 0 saturated heterocycles. The first-order valence-electron chi connectivity index (χ1n) is 8.05. The predicted molar refractivity (Wildman–Crippen MR) is 89.0 cm³/mol. The van der Waals surface area contributed by atoms with Crippen LogP contribution in [-0.2, 0) is 6.42 Å². The van der Waals surface area contributed by atoms with Crippen molar-refractivity contribution in [1.29, 1.82) is 0 Å². The molecule has 2 rings (SSSR count). The second-order valence-corrected chi connectivity index (χ2v) is 7.21. The SMILES string of the molecule is CCC(NCC(C)(C)CN(C)C)c1ccc2c(c1)CCO2. The van der Waals surface area contributed by atoms with Crippen LogP contribution in [0.15, 0.2) is 18.2 Å². The lowest BCUT2D eigenvalue weighted by molar-refractivity contribution is 0.224. The topological polar surface area (TPSA) is 24.5 Å². The molecule has 0 aromatic heterocycles. The van der Waals surface area contributed by atoms with Crippen molar-refractivity contribution in [2.75, 3.05) is 33.8 Å². The number of nitrogens with zero attached hydrogens (tertiary/aromatic N) is 1. The molecule has 0 amide bonds. The molecule has 3 nitrogen and oxygen atoms in total. The van der Waals surface area contributed by atoms with Crippen LogP contribution in [0.3, 0.4) is 0 Å². The van der Waals surface area contributed by atoms with E-state index in [0.29, 0.717) is 6.04 Å². The van der Waals surface area contributed by atoms with E-state index in [9.17, 15) is 0 Å². The second kappa shape index (κ2) is 6.80. The third kappa shape index (κ3) is 4.45. The Morgan fingerprint density at radius 1 is 1.33 bits per heavy atom. The Kier molecular flexibility index (Phi) is 5.28. The molecular weight excluding hydrogens is 260 g/mol. The van der Waals surface area contributed by atoms with Gasteiger partial charge in [-0.1, -0.05) is 32.9 Å². The Hall–Kier alpha value is -1.06. The van der Waals surface area contributed by atoms with Crippen LogP contribution in [0.4, 0.5) is 0 Å². The van der Waals surface area contributed by atoms with Gasteiger partial charge in [0.05, 0.1) is 6.61 Å². The van der Waals surface area contributed by atoms with Crippen molar-refractivity contribution < 1.29 is 4.74 Å². The van der Waals surface area contributed by atoms with Gasteiger partial charge < -0.3 is 15.0 Å². The summed E-state index contributed by atoms with van der Waals surface area (Å²) >= 11 is 0. The van der Waals surface area contributed by atoms with Crippen LogP contribution < -0.4 is 10.1 Å². The van der Waals surface area contributed by atoms with Crippen molar-refractivity contribution in [3.63, 3.8) is 0 Å². The summed E-state index contributed by atoms with van der Waals surface area (Å²) in [5.74, 6) is 1.07. The molecule has 1 aromatic rings. The van der Waals surface area contributed by atoms with Gasteiger partial charge in [0.2, 0.25) is 0 Å². The first-order valence-corrected chi connectivity index (χ1v) is 8.05. The fourth-order valence-electron chi connectivity index (χ4n) is 3.23. The van der Waals surface area contributed by atoms with Crippen LogP contribution in [0.5, 0.6) is 5.75 Å². The molecule has 0 aliphatic carbocycles. The summed E-state index contributed by atoms with van der Waals surface area (Å²) in [7, 11) is 4.28. The number of benzene rings is 1. The van der Waals surface area contributed by atoms with E-state index in [1.54, 1.807) is 0 Å². The third-order valence-corrected chi connectivity index (χ3v) is 4.10. The Bertz CT molecular complexity index is 468. The number of fused-ring (bicyclic) bond motifs is 1. The van der Waals surface area contributed by atoms with E-state index in [-0.39, 0.29) is 5.41 Å². The zero-order valence-corrected chi connectivity index (χ0v) is 14.2. The van der Waals surface area contributed by atoms with Crippen LogP contribution in [0.2, 0.25) is 0 Å². The van der Waals surface area contributed by atoms with E-state index < -0.39 is 0 Å². The minimum Gasteiger partial charge on any atom is -0.493 e. The summed E-state index contributed by atoms with van der Waals surface area (Å²) < 4.78 is 5.60. The molecule has 1 atom stereocenters. The average molecular weight is 290 g/mol. The number of nitrogens with one attached hydrogen (secondary N) is 1. The smallest absolute Gasteiger partial charge is 0.122 e. The van der Waals surface area contributed by atoms with Gasteiger partial charge in [-0.2, -0.15) is 0 Å². The van der Waals surface area contributed by atoms with Crippen LogP contribution in [-0.4, -0.2) is 38.7 Å². The number of rotatable bonds is 7. The fourth-order valence-corrected chi connectivity index (χ4v) is 3.23. The minimum atomic E-state index is 0.275. The summed E-state index contributed by atoms with van der Waals surface area (Å²) in [6, 6.07) is 7.09. The molecule has 3 heteroatoms. The van der Waals surface area contributed by atoms with E-state index in [1.165, 1.54) is 11.1 Å². The Labute approximate surface area is 129 Å². The molecule has 1 unspecified atom stereocenters. The van der Waals surface area contributed by atoms with Gasteiger partial charge in [-0.15, -0.1) is 0 Å². The largest absolute Gasteiger partial charge is 0.493 e. The number of ether oxygens (including phenoxy) is 1. The molecule has 1 aromatic carbocycles. The van der Waals surface area contributed by atoms with E-state index >= 15 is 0 Å². The summed E-state index contributed by atoms with van der Waals surface area (Å²) in [6.45, 7) is 9.84. The van der Waals surface area contributed by atoms with Crippen molar-refractivity contribution in [3.05, 3.63) is 29.3 Å². The highest BCUT2D eigenvalue weighted by molar-refractivity contribution is 5.40. The van der Waals surface area contributed by atoms with E-state index in [2.05, 4.69) is 63.3 Å². The highest BCUT2D eigenvalue weighted by Crippen LogP contribution is 2.29. The Balaban J connectivity index is 2.00. The third-order valence-electron chi connectivity index (χ3n) is 4.10. The maximum absolute atomic E-state index is 5.60. The van der Waals surface area contributed by atoms with Gasteiger partial charge in [-0.3, -0.25) is 0 Å². The Morgan fingerprint density at radius 3 is 2.76 bits per heavy atom. The second-order valence-electron chi connectivity index (χ2n) is 7.21. The molecule has 118 valence electrons. The van der Waals surface area contributed by atoms with Crippen molar-refractivity contribution in [1.82, 2.24) is 10.2 Å². The first-order chi connectivity index (χ1) is 9.91. The molecular formula is C18H30N2O. The van der Waals surface area contributed by atoms with Gasteiger partial charge in [0.1, 0.15) is 5.75 Å². The Morgan fingerprint density at radius 2 is 2.10 bits per heavy atom. The highest BCUT2D eigenvalue weighted by atomic mass is 16.5. The van der Waals surface area contributed by atoms with Crippen LogP contribution >= 0.6 is 0 Å². The van der Waals surface area contributed by atoms with E-state index in [1.807, 2.05) is 0 Å². The van der Waals surface area contributed by atoms with Crippen molar-refractivity contribution >= 4 is 0 Å². The maximum atomic E-state index is 5.60. The molecule has 1 heterocycles. The highest BCUT2D eigenvalue weighted by Gasteiger charge is 2.21. The molecule has 0 saturated carbocycles. The van der Waals surface area contributed by atoms with Crippen molar-refractivity contribution in [2.24, 2.45) is 5.41 Å². The van der Waals surface area contributed by atoms with E-state index in [4.69, 9.17) is 4.74 Å². The molecule has 0 bridgehead atoms. The summed E-state index contributed by atoms with van der Waals surface area (Å²) in [5.41, 5.74) is 3.03. The zero-order valence-electron chi connectivity index (χ0n) is 14.2. The average Bonchev–Trinajstić information content (AvgIpc) is 2.85. The zero-order chi connectivity index (χ0) is 15.5. The van der Waals surface area contributed by atoms with E-state index in [0.717, 1.165) is 38.3 Å². The lowest BCUT2D eigenvalue weighted by Gasteiger charge is -2.31. The van der Waals surface area contributed by atoms with Crippen LogP contribution in [0, 0.1) is 5.41 Å². The van der Waals surface area contributed by atoms with Crippen LogP contribution in [0.1, 0.15) is 44.4 Å². The van der Waals surface area contributed by atoms with Gasteiger partial charge in [-0.05, 0) is 43.1 Å². The van der Waals surface area contributed by atoms with Crippen molar-refractivity contribution in [2.45, 2.75) is 39.7 Å². The molecule has 1 N–H and O–H groups in total. The number of hydrogen-bond acceptors (Lipinski definition) is 3. The summed E-state index contributed by atoms with van der Waals surface area (Å²) in [6.07, 6.45) is 2.16. The molecule has 0 spiro atoms. The lowest BCUT2D eigenvalue weighted by Crippen LogP contribution is -2.38. The lowest BCUT2D eigenvalue weighted by atomic mass is 9.91. The van der Waals surface area contributed by atoms with Gasteiger partial charge >= 0.3 is 0 Å². The molecule has 1 aliphatic rings. The van der Waals surface area contributed by atoms with Gasteiger partial charge in [0.25, 0.3) is 0 Å². The van der Waals surface area contributed by atoms with Crippen LogP contribution in [0.25, 0.3) is 0 Å². The number of hydrogen-bond donors (Lipinski definition) is 1. The summed E-state index contributed by atoms with van der Waals surface area (Å²) in [4.78, 5) is 2.26. The maximum Gasteiger partial charge on any atom is 0.122 e. The molecule has 0 radical (unpaired) electrons. The monoisotopic (exact) mass is 290 g/mol. The first kappa shape index (κ1) is 16.3. The summed E-state index contributed by atoms with van der Waals surface area (Å²) in [5, 5.41) is 3.76. The predicted octanol–water partition coefficient (Wildman–Crippen LogP) is 3.25. The molecule has 0 fully saturated rings. The standard InChI is InChI=1S/C18H30N2O/c1-6-16(19-12-18(2,3)13-20(4)5)14-7-8-17-15(11-14)9-10-21-17/h7-8,11,16,19H,6,9-10,12-13H2,1-5H3. The molecule has 1 aliphatic heterocycles. The van der Waals surface area contributed by atoms with Gasteiger partial charge in [0.15, 0.2) is 0 Å². The van der Waals surface area contributed by atoms with Gasteiger partial charge in [0, 0.05) is 25.6 Å². The fraction of sp³-hybridized carbons (Fsp3) is 0.667. The quantitative estimate of drug-likeness (QED) is 0.834. The van der Waals surface area contributed by atoms with Gasteiger partial charge in [-0.25, -0.2) is 0 Å². The molecule has 21 heavy (non-hydrogen) atoms. The van der Waals surface area contributed by atoms with Crippen molar-refractivity contribution in [3.8, 4) is 5.75 Å². The normalized spacial score (nSPS) is 15.9. The minimum absolute atomic E-state index is 0.275.